The lowest BCUT2D eigenvalue weighted by molar-refractivity contribution is 0.589. The molecule has 2 aliphatic carbocycles. The van der Waals surface area contributed by atoms with E-state index in [9.17, 15) is 0 Å². The molecule has 2 rings (SSSR count). The average Bonchev–Trinajstić information content (AvgIpc) is 2.40. The van der Waals surface area contributed by atoms with Crippen LogP contribution in [0.4, 0.5) is 0 Å². The predicted molar refractivity (Wildman–Crippen MR) is 34.5 cm³/mol. The zero-order valence-electron chi connectivity index (χ0n) is 5.67. The lowest BCUT2D eigenvalue weighted by Crippen LogP contribution is -2.00. The minimum atomic E-state index is -0.543. The van der Waals surface area contributed by atoms with Gasteiger partial charge in [0.2, 0.25) is 0 Å². The van der Waals surface area contributed by atoms with Crippen molar-refractivity contribution in [1.29, 1.82) is 10.5 Å². The fraction of sp³-hybridized carbons (Fsp3) is 0.750. The number of nitriles is 2. The van der Waals surface area contributed by atoms with Gasteiger partial charge in [0.1, 0.15) is 5.41 Å². The number of fused-ring (bicyclic) bond motifs is 1. The van der Waals surface area contributed by atoms with E-state index in [4.69, 9.17) is 10.5 Å². The topological polar surface area (TPSA) is 47.6 Å². The van der Waals surface area contributed by atoms with Crippen LogP contribution in [-0.2, 0) is 0 Å². The molecule has 2 saturated carbocycles. The number of hydrogen-bond acceptors (Lipinski definition) is 2. The summed E-state index contributed by atoms with van der Waals surface area (Å²) >= 11 is 0. The molecule has 0 amide bonds. The van der Waals surface area contributed by atoms with Gasteiger partial charge in [-0.1, -0.05) is 6.42 Å². The van der Waals surface area contributed by atoms with E-state index in [1.165, 1.54) is 6.42 Å². The molecule has 0 heterocycles. The highest BCUT2D eigenvalue weighted by Gasteiger charge is 2.67. The summed E-state index contributed by atoms with van der Waals surface area (Å²) in [7, 11) is 0. The molecule has 0 aromatic carbocycles. The first-order valence-electron chi connectivity index (χ1n) is 3.67. The van der Waals surface area contributed by atoms with Crippen LogP contribution in [-0.4, -0.2) is 0 Å². The summed E-state index contributed by atoms with van der Waals surface area (Å²) in [5, 5.41) is 17.4. The maximum Gasteiger partial charge on any atom is 0.150 e. The Kier molecular flexibility index (Phi) is 0.874. The maximum atomic E-state index is 8.69. The lowest BCUT2D eigenvalue weighted by atomic mass is 10.00. The maximum absolute atomic E-state index is 8.69. The third-order valence-electron chi connectivity index (χ3n) is 2.95. The first-order chi connectivity index (χ1) is 4.85. The highest BCUT2D eigenvalue weighted by molar-refractivity contribution is 5.33. The highest BCUT2D eigenvalue weighted by atomic mass is 14.7. The molecule has 0 N–H and O–H groups in total. The number of nitrogens with zero attached hydrogens (tertiary/aromatic N) is 2. The van der Waals surface area contributed by atoms with E-state index in [-0.39, 0.29) is 0 Å². The van der Waals surface area contributed by atoms with Gasteiger partial charge in [-0.25, -0.2) is 0 Å². The molecule has 2 atom stereocenters. The Morgan fingerprint density at radius 3 is 1.90 bits per heavy atom. The average molecular weight is 132 g/mol. The molecule has 0 aromatic heterocycles. The Morgan fingerprint density at radius 2 is 1.60 bits per heavy atom. The van der Waals surface area contributed by atoms with Crippen LogP contribution in [0, 0.1) is 39.9 Å². The van der Waals surface area contributed by atoms with E-state index < -0.39 is 5.41 Å². The van der Waals surface area contributed by atoms with Crippen LogP contribution in [0.2, 0.25) is 0 Å². The summed E-state index contributed by atoms with van der Waals surface area (Å²) in [5.41, 5.74) is -0.543. The van der Waals surface area contributed by atoms with Crippen molar-refractivity contribution in [1.82, 2.24) is 0 Å². The van der Waals surface area contributed by atoms with Gasteiger partial charge >= 0.3 is 0 Å². The van der Waals surface area contributed by atoms with Crippen molar-refractivity contribution in [3.05, 3.63) is 0 Å². The Labute approximate surface area is 60.1 Å². The van der Waals surface area contributed by atoms with Crippen molar-refractivity contribution in [2.45, 2.75) is 19.3 Å². The van der Waals surface area contributed by atoms with Gasteiger partial charge in [0, 0.05) is 0 Å². The van der Waals surface area contributed by atoms with Gasteiger partial charge in [-0.05, 0) is 24.7 Å². The molecular formula is C8H8N2. The fourth-order valence-electron chi connectivity index (χ4n) is 2.31. The highest BCUT2D eigenvalue weighted by Crippen LogP contribution is 2.66. The summed E-state index contributed by atoms with van der Waals surface area (Å²) in [6.45, 7) is 0. The van der Waals surface area contributed by atoms with Crippen molar-refractivity contribution < 1.29 is 0 Å². The minimum absolute atomic E-state index is 0.433. The van der Waals surface area contributed by atoms with Gasteiger partial charge < -0.3 is 0 Å². The van der Waals surface area contributed by atoms with Gasteiger partial charge in [-0.2, -0.15) is 10.5 Å². The lowest BCUT2D eigenvalue weighted by Gasteiger charge is -1.98. The smallest absolute Gasteiger partial charge is 0.150 e. The third kappa shape index (κ3) is 0.400. The molecule has 2 fully saturated rings. The summed E-state index contributed by atoms with van der Waals surface area (Å²) in [6, 6.07) is 4.29. The Balaban J connectivity index is 2.26. The molecule has 2 aliphatic rings. The van der Waals surface area contributed by atoms with E-state index >= 15 is 0 Å². The SMILES string of the molecule is N#CC1(C#N)C2CCCC21. The molecule has 2 nitrogen and oxygen atoms in total. The monoisotopic (exact) mass is 132 g/mol. The first kappa shape index (κ1) is 5.74. The normalized spacial score (nSPS) is 39.4. The zero-order chi connectivity index (χ0) is 7.19. The second-order valence-electron chi connectivity index (χ2n) is 3.24. The second kappa shape index (κ2) is 1.52. The number of rotatable bonds is 0. The van der Waals surface area contributed by atoms with Crippen LogP contribution in [0.1, 0.15) is 19.3 Å². The summed E-state index contributed by atoms with van der Waals surface area (Å²) in [4.78, 5) is 0. The molecule has 0 bridgehead atoms. The summed E-state index contributed by atoms with van der Waals surface area (Å²) in [6.07, 6.45) is 3.43. The quantitative estimate of drug-likeness (QED) is 0.500. The first-order valence-corrected chi connectivity index (χ1v) is 3.67. The fourth-order valence-corrected chi connectivity index (χ4v) is 2.31. The van der Waals surface area contributed by atoms with Crippen LogP contribution in [0.25, 0.3) is 0 Å². The zero-order valence-corrected chi connectivity index (χ0v) is 5.67. The molecule has 0 spiro atoms. The van der Waals surface area contributed by atoms with Crippen LogP contribution < -0.4 is 0 Å². The van der Waals surface area contributed by atoms with Gasteiger partial charge in [0.15, 0.2) is 0 Å². The van der Waals surface area contributed by atoms with Crippen molar-refractivity contribution in [3.8, 4) is 12.1 Å². The van der Waals surface area contributed by atoms with E-state index in [0.29, 0.717) is 11.8 Å². The molecule has 0 saturated heterocycles. The molecule has 0 radical (unpaired) electrons. The van der Waals surface area contributed by atoms with Gasteiger partial charge in [-0.15, -0.1) is 0 Å². The van der Waals surface area contributed by atoms with Crippen molar-refractivity contribution >= 4 is 0 Å². The largest absolute Gasteiger partial charge is 0.197 e. The Morgan fingerprint density at radius 1 is 1.10 bits per heavy atom. The summed E-state index contributed by atoms with van der Waals surface area (Å²) in [5.74, 6) is 0.866. The van der Waals surface area contributed by atoms with Crippen LogP contribution in [0.15, 0.2) is 0 Å². The van der Waals surface area contributed by atoms with E-state index in [1.54, 1.807) is 0 Å². The second-order valence-corrected chi connectivity index (χ2v) is 3.24. The van der Waals surface area contributed by atoms with E-state index in [1.807, 2.05) is 0 Å². The molecule has 50 valence electrons. The standard InChI is InChI=1S/C8H8N2/c9-4-8(5-10)6-2-1-3-7(6)8/h6-7H,1-3H2. The molecule has 2 unspecified atom stereocenters. The van der Waals surface area contributed by atoms with E-state index in [2.05, 4.69) is 12.1 Å². The molecule has 0 aliphatic heterocycles. The molecule has 2 heteroatoms. The van der Waals surface area contributed by atoms with E-state index in [0.717, 1.165) is 12.8 Å². The van der Waals surface area contributed by atoms with Crippen molar-refractivity contribution in [3.63, 3.8) is 0 Å². The Hall–Kier alpha value is -1.02. The molecule has 0 aromatic rings. The van der Waals surface area contributed by atoms with Crippen molar-refractivity contribution in [2.75, 3.05) is 0 Å². The van der Waals surface area contributed by atoms with Gasteiger partial charge in [0.05, 0.1) is 12.1 Å². The number of hydrogen-bond donors (Lipinski definition) is 0. The minimum Gasteiger partial charge on any atom is -0.197 e. The van der Waals surface area contributed by atoms with Crippen LogP contribution in [0.3, 0.4) is 0 Å². The molecule has 10 heavy (non-hydrogen) atoms. The predicted octanol–water partition coefficient (Wildman–Crippen LogP) is 1.45. The summed E-state index contributed by atoms with van der Waals surface area (Å²) < 4.78 is 0. The Bertz CT molecular complexity index is 217. The molecular weight excluding hydrogens is 124 g/mol. The van der Waals surface area contributed by atoms with Crippen LogP contribution >= 0.6 is 0 Å². The van der Waals surface area contributed by atoms with Gasteiger partial charge in [-0.3, -0.25) is 0 Å². The van der Waals surface area contributed by atoms with Crippen molar-refractivity contribution in [2.24, 2.45) is 17.3 Å². The van der Waals surface area contributed by atoms with Crippen LogP contribution in [0.5, 0.6) is 0 Å². The third-order valence-corrected chi connectivity index (χ3v) is 2.95. The van der Waals surface area contributed by atoms with Gasteiger partial charge in [0.25, 0.3) is 0 Å².